The Morgan fingerprint density at radius 1 is 1.00 bits per heavy atom. The Labute approximate surface area is 149 Å². The van der Waals surface area contributed by atoms with Gasteiger partial charge in [0.2, 0.25) is 10.0 Å². The molecule has 134 valence electrons. The van der Waals surface area contributed by atoms with Gasteiger partial charge in [0.05, 0.1) is 4.90 Å². The Morgan fingerprint density at radius 3 is 2.48 bits per heavy atom. The molecule has 2 rings (SSSR count). The van der Waals surface area contributed by atoms with Gasteiger partial charge in [-0.15, -0.1) is 0 Å². The molecule has 0 spiro atoms. The lowest BCUT2D eigenvalue weighted by Crippen LogP contribution is -2.26. The van der Waals surface area contributed by atoms with Crippen LogP contribution < -0.4 is 10.0 Å². The summed E-state index contributed by atoms with van der Waals surface area (Å²) in [5, 5.41) is 2.80. The van der Waals surface area contributed by atoms with Gasteiger partial charge in [-0.1, -0.05) is 56.2 Å². The molecule has 1 amide bonds. The van der Waals surface area contributed by atoms with Crippen LogP contribution in [0.15, 0.2) is 59.5 Å². The summed E-state index contributed by atoms with van der Waals surface area (Å²) >= 11 is 0. The molecule has 0 aromatic heterocycles. The fourth-order valence-electron chi connectivity index (χ4n) is 2.35. The van der Waals surface area contributed by atoms with E-state index in [1.54, 1.807) is 12.1 Å². The summed E-state index contributed by atoms with van der Waals surface area (Å²) < 4.78 is 27.2. The summed E-state index contributed by atoms with van der Waals surface area (Å²) in [6.07, 6.45) is 2.80. The summed E-state index contributed by atoms with van der Waals surface area (Å²) in [4.78, 5) is 12.4. The van der Waals surface area contributed by atoms with Crippen LogP contribution >= 0.6 is 0 Å². The zero-order valence-corrected chi connectivity index (χ0v) is 15.2. The third-order valence-corrected chi connectivity index (χ3v) is 5.23. The van der Waals surface area contributed by atoms with E-state index in [0.29, 0.717) is 18.7 Å². The van der Waals surface area contributed by atoms with Crippen LogP contribution in [0, 0.1) is 0 Å². The minimum atomic E-state index is -3.59. The monoisotopic (exact) mass is 360 g/mol. The first-order valence-electron chi connectivity index (χ1n) is 8.45. The molecule has 0 aliphatic heterocycles. The number of hydrogen-bond acceptors (Lipinski definition) is 3. The third kappa shape index (κ3) is 5.99. The van der Waals surface area contributed by atoms with Crippen molar-refractivity contribution in [1.29, 1.82) is 0 Å². The number of hydrogen-bond donors (Lipinski definition) is 2. The Morgan fingerprint density at radius 2 is 1.76 bits per heavy atom. The van der Waals surface area contributed by atoms with Gasteiger partial charge in [-0.05, 0) is 30.2 Å². The third-order valence-electron chi connectivity index (χ3n) is 3.77. The first kappa shape index (κ1) is 19.1. The normalized spacial score (nSPS) is 11.2. The van der Waals surface area contributed by atoms with E-state index in [2.05, 4.69) is 17.0 Å². The standard InChI is InChI=1S/C19H24N2O3S/c1-2-3-7-13-21-25(23,24)18-12-8-11-17(14-18)19(22)20-15-16-9-5-4-6-10-16/h4-6,8-12,14,21H,2-3,7,13,15H2,1H3,(H,20,22). The number of benzene rings is 2. The van der Waals surface area contributed by atoms with E-state index in [-0.39, 0.29) is 10.8 Å². The largest absolute Gasteiger partial charge is 0.348 e. The summed E-state index contributed by atoms with van der Waals surface area (Å²) in [7, 11) is -3.59. The SMILES string of the molecule is CCCCCNS(=O)(=O)c1cccc(C(=O)NCc2ccccc2)c1. The van der Waals surface area contributed by atoms with E-state index >= 15 is 0 Å². The fourth-order valence-corrected chi connectivity index (χ4v) is 3.47. The van der Waals surface area contributed by atoms with E-state index in [1.165, 1.54) is 12.1 Å². The van der Waals surface area contributed by atoms with Crippen molar-refractivity contribution in [1.82, 2.24) is 10.0 Å². The van der Waals surface area contributed by atoms with Gasteiger partial charge in [0.15, 0.2) is 0 Å². The zero-order chi connectivity index (χ0) is 18.1. The maximum absolute atomic E-state index is 12.3. The van der Waals surface area contributed by atoms with Crippen molar-refractivity contribution in [3.8, 4) is 0 Å². The molecule has 0 bridgehead atoms. The Hall–Kier alpha value is -2.18. The van der Waals surface area contributed by atoms with Gasteiger partial charge in [-0.25, -0.2) is 13.1 Å². The average molecular weight is 360 g/mol. The highest BCUT2D eigenvalue weighted by Crippen LogP contribution is 2.12. The molecule has 0 atom stereocenters. The second kappa shape index (κ2) is 9.34. The van der Waals surface area contributed by atoms with Crippen molar-refractivity contribution in [2.75, 3.05) is 6.54 Å². The van der Waals surface area contributed by atoms with Crippen molar-refractivity contribution >= 4 is 15.9 Å². The van der Waals surface area contributed by atoms with Crippen LogP contribution in [-0.4, -0.2) is 20.9 Å². The molecule has 0 saturated carbocycles. The van der Waals surface area contributed by atoms with E-state index in [9.17, 15) is 13.2 Å². The predicted octanol–water partition coefficient (Wildman–Crippen LogP) is 3.09. The lowest BCUT2D eigenvalue weighted by atomic mass is 10.2. The highest BCUT2D eigenvalue weighted by Gasteiger charge is 2.15. The van der Waals surface area contributed by atoms with Gasteiger partial charge in [0.25, 0.3) is 5.91 Å². The molecule has 0 fully saturated rings. The van der Waals surface area contributed by atoms with Gasteiger partial charge in [-0.3, -0.25) is 4.79 Å². The van der Waals surface area contributed by atoms with Gasteiger partial charge in [0.1, 0.15) is 0 Å². The van der Waals surface area contributed by atoms with E-state index in [0.717, 1.165) is 24.8 Å². The highest BCUT2D eigenvalue weighted by molar-refractivity contribution is 7.89. The molecule has 0 unspecified atom stereocenters. The molecule has 0 aliphatic carbocycles. The maximum atomic E-state index is 12.3. The van der Waals surface area contributed by atoms with Gasteiger partial charge in [0, 0.05) is 18.7 Å². The second-order valence-corrected chi connectivity index (χ2v) is 7.57. The van der Waals surface area contributed by atoms with Crippen molar-refractivity contribution in [3.63, 3.8) is 0 Å². The first-order valence-corrected chi connectivity index (χ1v) is 9.93. The Kier molecular flexibility index (Phi) is 7.16. The van der Waals surface area contributed by atoms with Gasteiger partial charge in [-0.2, -0.15) is 0 Å². The molecule has 2 N–H and O–H groups in total. The molecule has 25 heavy (non-hydrogen) atoms. The predicted molar refractivity (Wildman–Crippen MR) is 98.8 cm³/mol. The van der Waals surface area contributed by atoms with E-state index < -0.39 is 10.0 Å². The number of unbranched alkanes of at least 4 members (excludes halogenated alkanes) is 2. The molecule has 0 radical (unpaired) electrons. The second-order valence-electron chi connectivity index (χ2n) is 5.80. The number of carbonyl (C=O) groups is 1. The van der Waals surface area contributed by atoms with Crippen LogP contribution in [0.3, 0.4) is 0 Å². The molecular weight excluding hydrogens is 336 g/mol. The molecule has 0 aliphatic rings. The first-order chi connectivity index (χ1) is 12.0. The van der Waals surface area contributed by atoms with Crippen LogP contribution in [0.2, 0.25) is 0 Å². The molecule has 0 heterocycles. The Bertz CT molecular complexity index is 789. The Balaban J connectivity index is 2.00. The summed E-state index contributed by atoms with van der Waals surface area (Å²) in [5.74, 6) is -0.299. The zero-order valence-electron chi connectivity index (χ0n) is 14.4. The highest BCUT2D eigenvalue weighted by atomic mass is 32.2. The van der Waals surface area contributed by atoms with Crippen LogP contribution in [0.1, 0.15) is 42.1 Å². The number of nitrogens with one attached hydrogen (secondary N) is 2. The number of rotatable bonds is 9. The quantitative estimate of drug-likeness (QED) is 0.675. The van der Waals surface area contributed by atoms with Crippen molar-refractivity contribution < 1.29 is 13.2 Å². The summed E-state index contributed by atoms with van der Waals surface area (Å²) in [6.45, 7) is 2.86. The minimum Gasteiger partial charge on any atom is -0.348 e. The lowest BCUT2D eigenvalue weighted by Gasteiger charge is -2.09. The number of sulfonamides is 1. The summed E-state index contributed by atoms with van der Waals surface area (Å²) in [6, 6.07) is 15.6. The molecule has 6 heteroatoms. The molecule has 2 aromatic rings. The number of carbonyl (C=O) groups excluding carboxylic acids is 1. The van der Waals surface area contributed by atoms with Gasteiger partial charge >= 0.3 is 0 Å². The summed E-state index contributed by atoms with van der Waals surface area (Å²) in [5.41, 5.74) is 1.31. The molecule has 5 nitrogen and oxygen atoms in total. The van der Waals surface area contributed by atoms with Crippen molar-refractivity contribution in [2.45, 2.75) is 37.6 Å². The van der Waals surface area contributed by atoms with E-state index in [4.69, 9.17) is 0 Å². The number of amides is 1. The van der Waals surface area contributed by atoms with Crippen LogP contribution in [0.25, 0.3) is 0 Å². The topological polar surface area (TPSA) is 75.3 Å². The van der Waals surface area contributed by atoms with Crippen molar-refractivity contribution in [2.24, 2.45) is 0 Å². The van der Waals surface area contributed by atoms with Crippen LogP contribution in [-0.2, 0) is 16.6 Å². The average Bonchev–Trinajstić information content (AvgIpc) is 2.64. The molecular formula is C19H24N2O3S. The lowest BCUT2D eigenvalue weighted by molar-refractivity contribution is 0.0950. The smallest absolute Gasteiger partial charge is 0.251 e. The van der Waals surface area contributed by atoms with Gasteiger partial charge < -0.3 is 5.32 Å². The maximum Gasteiger partial charge on any atom is 0.251 e. The van der Waals surface area contributed by atoms with Crippen LogP contribution in [0.5, 0.6) is 0 Å². The van der Waals surface area contributed by atoms with E-state index in [1.807, 2.05) is 30.3 Å². The molecule has 0 saturated heterocycles. The van der Waals surface area contributed by atoms with Crippen molar-refractivity contribution in [3.05, 3.63) is 65.7 Å². The van der Waals surface area contributed by atoms with Crippen LogP contribution in [0.4, 0.5) is 0 Å². The molecule has 2 aromatic carbocycles. The minimum absolute atomic E-state index is 0.108. The fraction of sp³-hybridized carbons (Fsp3) is 0.316.